The summed E-state index contributed by atoms with van der Waals surface area (Å²) >= 11 is 0. The van der Waals surface area contributed by atoms with Gasteiger partial charge < -0.3 is 15.4 Å². The Morgan fingerprint density at radius 3 is 3.06 bits per heavy atom. The molecule has 0 atom stereocenters. The highest BCUT2D eigenvalue weighted by atomic mass is 16.5. The smallest absolute Gasteiger partial charge is 0.322 e. The zero-order valence-corrected chi connectivity index (χ0v) is 10.1. The van der Waals surface area contributed by atoms with E-state index in [-0.39, 0.29) is 18.5 Å². The summed E-state index contributed by atoms with van der Waals surface area (Å²) in [5.41, 5.74) is 1.35. The fourth-order valence-electron chi connectivity index (χ4n) is 1.77. The molecule has 0 aromatic heterocycles. The molecule has 1 heterocycles. The second-order valence-electron chi connectivity index (χ2n) is 3.88. The zero-order chi connectivity index (χ0) is 13.0. The number of para-hydroxylation sites is 2. The van der Waals surface area contributed by atoms with Gasteiger partial charge in [-0.2, -0.15) is 0 Å². The lowest BCUT2D eigenvalue weighted by atomic mass is 10.2. The molecule has 1 aromatic rings. The summed E-state index contributed by atoms with van der Waals surface area (Å²) in [7, 11) is 1.57. The third-order valence-corrected chi connectivity index (χ3v) is 2.60. The predicted octanol–water partition coefficient (Wildman–Crippen LogP) is 0.801. The van der Waals surface area contributed by atoms with Gasteiger partial charge in [-0.3, -0.25) is 9.69 Å². The number of urea groups is 1. The third kappa shape index (κ3) is 2.60. The Morgan fingerprint density at radius 2 is 2.28 bits per heavy atom. The number of methoxy groups -OCH3 is 1. The number of benzene rings is 1. The lowest BCUT2D eigenvalue weighted by Gasteiger charge is -2.29. The van der Waals surface area contributed by atoms with E-state index in [0.29, 0.717) is 24.5 Å². The van der Waals surface area contributed by atoms with E-state index in [0.717, 1.165) is 0 Å². The fourth-order valence-corrected chi connectivity index (χ4v) is 1.77. The van der Waals surface area contributed by atoms with Crippen molar-refractivity contribution >= 4 is 23.3 Å². The molecule has 18 heavy (non-hydrogen) atoms. The molecule has 0 unspecified atom stereocenters. The van der Waals surface area contributed by atoms with E-state index in [1.54, 1.807) is 19.2 Å². The van der Waals surface area contributed by atoms with Gasteiger partial charge in [-0.05, 0) is 12.1 Å². The standard InChI is InChI=1S/C12H15N3O3/c1-18-7-6-13-12(17)15-8-11(16)14-9-4-2-3-5-10(9)15/h2-5H,6-8H2,1H3,(H,13,17)(H,14,16). The number of hydrogen-bond donors (Lipinski definition) is 2. The molecular weight excluding hydrogens is 234 g/mol. The quantitative estimate of drug-likeness (QED) is 0.778. The van der Waals surface area contributed by atoms with Crippen LogP contribution in [-0.2, 0) is 9.53 Å². The van der Waals surface area contributed by atoms with E-state index in [9.17, 15) is 9.59 Å². The van der Waals surface area contributed by atoms with Crippen molar-refractivity contribution in [2.75, 3.05) is 37.0 Å². The van der Waals surface area contributed by atoms with Crippen LogP contribution in [0.1, 0.15) is 0 Å². The molecule has 1 aliphatic heterocycles. The minimum absolute atomic E-state index is 0.0236. The fraction of sp³-hybridized carbons (Fsp3) is 0.333. The average Bonchev–Trinajstić information content (AvgIpc) is 2.38. The number of nitrogens with zero attached hydrogens (tertiary/aromatic N) is 1. The average molecular weight is 249 g/mol. The Hall–Kier alpha value is -2.08. The first kappa shape index (κ1) is 12.4. The van der Waals surface area contributed by atoms with E-state index in [4.69, 9.17) is 4.74 Å². The SMILES string of the molecule is COCCNC(=O)N1CC(=O)Nc2ccccc21. The monoisotopic (exact) mass is 249 g/mol. The van der Waals surface area contributed by atoms with Crippen LogP contribution in [0.25, 0.3) is 0 Å². The summed E-state index contributed by atoms with van der Waals surface area (Å²) in [4.78, 5) is 24.9. The van der Waals surface area contributed by atoms with Crippen molar-refractivity contribution in [3.63, 3.8) is 0 Å². The van der Waals surface area contributed by atoms with E-state index in [1.165, 1.54) is 4.90 Å². The highest BCUT2D eigenvalue weighted by Crippen LogP contribution is 2.28. The number of nitrogens with one attached hydrogen (secondary N) is 2. The van der Waals surface area contributed by atoms with Gasteiger partial charge in [-0.15, -0.1) is 0 Å². The van der Waals surface area contributed by atoms with Gasteiger partial charge in [0.25, 0.3) is 0 Å². The molecule has 6 nitrogen and oxygen atoms in total. The summed E-state index contributed by atoms with van der Waals surface area (Å²) in [5, 5.41) is 5.42. The van der Waals surface area contributed by atoms with Gasteiger partial charge >= 0.3 is 6.03 Å². The first-order valence-corrected chi connectivity index (χ1v) is 5.65. The second kappa shape index (κ2) is 5.50. The number of carbonyl (C=O) groups is 2. The molecule has 0 fully saturated rings. The van der Waals surface area contributed by atoms with Crippen LogP contribution in [0.15, 0.2) is 24.3 Å². The van der Waals surface area contributed by atoms with Crippen molar-refractivity contribution in [2.45, 2.75) is 0 Å². The number of rotatable bonds is 3. The maximum atomic E-state index is 12.0. The molecule has 0 radical (unpaired) electrons. The Morgan fingerprint density at radius 1 is 1.50 bits per heavy atom. The van der Waals surface area contributed by atoms with Crippen molar-refractivity contribution in [1.29, 1.82) is 0 Å². The number of carbonyl (C=O) groups excluding carboxylic acids is 2. The van der Waals surface area contributed by atoms with E-state index >= 15 is 0 Å². The Balaban J connectivity index is 2.13. The van der Waals surface area contributed by atoms with Gasteiger partial charge in [0.15, 0.2) is 0 Å². The van der Waals surface area contributed by atoms with Crippen LogP contribution in [0.2, 0.25) is 0 Å². The highest BCUT2D eigenvalue weighted by Gasteiger charge is 2.26. The molecule has 1 aliphatic rings. The van der Waals surface area contributed by atoms with Gasteiger partial charge in [0.05, 0.1) is 18.0 Å². The van der Waals surface area contributed by atoms with E-state index in [2.05, 4.69) is 10.6 Å². The van der Waals surface area contributed by atoms with Crippen molar-refractivity contribution in [3.05, 3.63) is 24.3 Å². The Labute approximate surface area is 105 Å². The van der Waals surface area contributed by atoms with Crippen molar-refractivity contribution in [3.8, 4) is 0 Å². The molecule has 96 valence electrons. The second-order valence-corrected chi connectivity index (χ2v) is 3.88. The van der Waals surface area contributed by atoms with Gasteiger partial charge in [0.2, 0.25) is 5.91 Å². The molecule has 0 aliphatic carbocycles. The highest BCUT2D eigenvalue weighted by molar-refractivity contribution is 6.09. The first-order chi connectivity index (χ1) is 8.72. The minimum Gasteiger partial charge on any atom is -0.383 e. The topological polar surface area (TPSA) is 70.7 Å². The summed E-state index contributed by atoms with van der Waals surface area (Å²) in [6, 6.07) is 6.90. The van der Waals surface area contributed by atoms with Crippen molar-refractivity contribution in [2.24, 2.45) is 0 Å². The molecular formula is C12H15N3O3. The van der Waals surface area contributed by atoms with Gasteiger partial charge in [0, 0.05) is 13.7 Å². The normalized spacial score (nSPS) is 13.8. The van der Waals surface area contributed by atoms with Crippen LogP contribution in [0, 0.1) is 0 Å². The predicted molar refractivity (Wildman–Crippen MR) is 67.7 cm³/mol. The molecule has 0 saturated heterocycles. The maximum absolute atomic E-state index is 12.0. The molecule has 0 spiro atoms. The van der Waals surface area contributed by atoms with Crippen LogP contribution in [0.4, 0.5) is 16.2 Å². The summed E-state index contributed by atoms with van der Waals surface area (Å²) in [6.45, 7) is 0.874. The lowest BCUT2D eigenvalue weighted by molar-refractivity contribution is -0.115. The number of amides is 3. The molecule has 0 saturated carbocycles. The number of hydrogen-bond acceptors (Lipinski definition) is 3. The molecule has 3 amide bonds. The van der Waals surface area contributed by atoms with Crippen LogP contribution in [0.5, 0.6) is 0 Å². The van der Waals surface area contributed by atoms with Gasteiger partial charge in [0.1, 0.15) is 6.54 Å². The molecule has 2 N–H and O–H groups in total. The molecule has 1 aromatic carbocycles. The van der Waals surface area contributed by atoms with Gasteiger partial charge in [-0.1, -0.05) is 12.1 Å². The Bertz CT molecular complexity index is 462. The van der Waals surface area contributed by atoms with Crippen LogP contribution in [-0.4, -0.2) is 38.7 Å². The van der Waals surface area contributed by atoms with E-state index in [1.807, 2.05) is 12.1 Å². The summed E-state index contributed by atoms with van der Waals surface area (Å²) in [5.74, 6) is -0.199. The van der Waals surface area contributed by atoms with Crippen LogP contribution < -0.4 is 15.5 Å². The largest absolute Gasteiger partial charge is 0.383 e. The molecule has 0 bridgehead atoms. The Kier molecular flexibility index (Phi) is 3.78. The zero-order valence-electron chi connectivity index (χ0n) is 10.1. The number of fused-ring (bicyclic) bond motifs is 1. The number of ether oxygens (including phenoxy) is 1. The minimum atomic E-state index is -0.297. The van der Waals surface area contributed by atoms with Crippen LogP contribution in [0.3, 0.4) is 0 Å². The maximum Gasteiger partial charge on any atom is 0.322 e. The molecule has 6 heteroatoms. The summed E-state index contributed by atoms with van der Waals surface area (Å²) < 4.78 is 4.86. The summed E-state index contributed by atoms with van der Waals surface area (Å²) in [6.07, 6.45) is 0. The van der Waals surface area contributed by atoms with Gasteiger partial charge in [-0.25, -0.2) is 4.79 Å². The first-order valence-electron chi connectivity index (χ1n) is 5.65. The number of anilines is 2. The van der Waals surface area contributed by atoms with Crippen LogP contribution >= 0.6 is 0 Å². The van der Waals surface area contributed by atoms with E-state index < -0.39 is 0 Å². The van der Waals surface area contributed by atoms with Crippen molar-refractivity contribution in [1.82, 2.24) is 5.32 Å². The lowest BCUT2D eigenvalue weighted by Crippen LogP contribution is -2.47. The molecule has 2 rings (SSSR count). The van der Waals surface area contributed by atoms with Crippen molar-refractivity contribution < 1.29 is 14.3 Å². The third-order valence-electron chi connectivity index (χ3n) is 2.60.